The normalized spacial score (nSPS) is 12.9. The van der Waals surface area contributed by atoms with Crippen molar-refractivity contribution >= 4 is 11.9 Å². The van der Waals surface area contributed by atoms with E-state index in [1.54, 1.807) is 0 Å². The molecule has 0 aliphatic heterocycles. The predicted octanol–water partition coefficient (Wildman–Crippen LogP) is 19.8. The first-order valence-electron chi connectivity index (χ1n) is 28.8. The molecule has 0 saturated carbocycles. The second-order valence-corrected chi connectivity index (χ2v) is 18.8. The van der Waals surface area contributed by atoms with Crippen LogP contribution in [0.25, 0.3) is 0 Å². The quantitative estimate of drug-likeness (QED) is 0.0345. The van der Waals surface area contributed by atoms with Crippen molar-refractivity contribution < 1.29 is 23.8 Å². The number of rotatable bonds is 52. The molecule has 1 unspecified atom stereocenters. The van der Waals surface area contributed by atoms with Crippen LogP contribution in [0.4, 0.5) is 0 Å². The molecule has 0 N–H and O–H groups in total. The highest BCUT2D eigenvalue weighted by atomic mass is 16.6. The number of hydrogen-bond acceptors (Lipinski definition) is 5. The van der Waals surface area contributed by atoms with Crippen molar-refractivity contribution in [3.05, 3.63) is 97.2 Å². The zero-order valence-corrected chi connectivity index (χ0v) is 44.8. The molecule has 68 heavy (non-hydrogen) atoms. The van der Waals surface area contributed by atoms with Crippen molar-refractivity contribution in [2.24, 2.45) is 0 Å². The fourth-order valence-electron chi connectivity index (χ4n) is 7.90. The highest BCUT2D eigenvalue weighted by Crippen LogP contribution is 2.16. The van der Waals surface area contributed by atoms with E-state index in [-0.39, 0.29) is 25.2 Å². The summed E-state index contributed by atoms with van der Waals surface area (Å²) in [4.78, 5) is 25.5. The Balaban J connectivity index is 4.37. The van der Waals surface area contributed by atoms with Crippen molar-refractivity contribution in [3.8, 4) is 0 Å². The first-order chi connectivity index (χ1) is 33.6. The molecule has 0 saturated heterocycles. The Labute approximate surface area is 422 Å². The summed E-state index contributed by atoms with van der Waals surface area (Å²) >= 11 is 0. The summed E-state index contributed by atoms with van der Waals surface area (Å²) in [6.07, 6.45) is 78.6. The fraction of sp³-hybridized carbons (Fsp3) is 0.714. The molecular weight excluding hydrogens is 837 g/mol. The molecule has 0 aliphatic rings. The molecule has 0 amide bonds. The molecule has 0 aromatic rings. The van der Waals surface area contributed by atoms with Gasteiger partial charge < -0.3 is 14.2 Å². The van der Waals surface area contributed by atoms with Gasteiger partial charge in [0, 0.05) is 19.4 Å². The van der Waals surface area contributed by atoms with E-state index in [1.807, 2.05) is 0 Å². The summed E-state index contributed by atoms with van der Waals surface area (Å²) in [5.74, 6) is -0.427. The zero-order chi connectivity index (χ0) is 49.2. The monoisotopic (exact) mass is 945 g/mol. The molecule has 0 rings (SSSR count). The summed E-state index contributed by atoms with van der Waals surface area (Å²) in [6, 6.07) is 0. The van der Waals surface area contributed by atoms with Crippen LogP contribution in [0.2, 0.25) is 0 Å². The Morgan fingerprint density at radius 2 is 0.662 bits per heavy atom. The van der Waals surface area contributed by atoms with Gasteiger partial charge in [-0.3, -0.25) is 9.59 Å². The van der Waals surface area contributed by atoms with Crippen LogP contribution in [0.1, 0.15) is 265 Å². The third kappa shape index (κ3) is 55.4. The summed E-state index contributed by atoms with van der Waals surface area (Å²) in [5.41, 5.74) is 0. The van der Waals surface area contributed by atoms with Crippen LogP contribution < -0.4 is 0 Å². The molecule has 0 aliphatic carbocycles. The maximum atomic E-state index is 12.9. The minimum absolute atomic E-state index is 0.0602. The maximum absolute atomic E-state index is 12.9. The van der Waals surface area contributed by atoms with Gasteiger partial charge in [0.2, 0.25) is 0 Å². The molecule has 0 bridgehead atoms. The molecule has 0 aromatic heterocycles. The Hall–Kier alpha value is -3.18. The summed E-state index contributed by atoms with van der Waals surface area (Å²) in [5, 5.41) is 0. The van der Waals surface area contributed by atoms with E-state index in [2.05, 4.69) is 118 Å². The Kier molecular flexibility index (Phi) is 55.4. The van der Waals surface area contributed by atoms with Crippen molar-refractivity contribution in [2.45, 2.75) is 271 Å². The van der Waals surface area contributed by atoms with Crippen LogP contribution in [0.15, 0.2) is 97.2 Å². The smallest absolute Gasteiger partial charge is 0.306 e. The van der Waals surface area contributed by atoms with Crippen LogP contribution in [0, 0.1) is 0 Å². The van der Waals surface area contributed by atoms with Crippen LogP contribution in [0.3, 0.4) is 0 Å². The summed E-state index contributed by atoms with van der Waals surface area (Å²) < 4.78 is 17.4. The number of carbonyl (C=O) groups is 2. The summed E-state index contributed by atoms with van der Waals surface area (Å²) in [7, 11) is 0. The average molecular weight is 946 g/mol. The van der Waals surface area contributed by atoms with Gasteiger partial charge in [-0.05, 0) is 96.3 Å². The maximum Gasteiger partial charge on any atom is 0.306 e. The number of ether oxygens (including phenoxy) is 3. The Bertz CT molecular complexity index is 1300. The van der Waals surface area contributed by atoms with Crippen molar-refractivity contribution in [1.29, 1.82) is 0 Å². The molecule has 1 atom stereocenters. The van der Waals surface area contributed by atoms with Crippen LogP contribution in [0.5, 0.6) is 0 Å². The van der Waals surface area contributed by atoms with Crippen molar-refractivity contribution in [3.63, 3.8) is 0 Å². The number of allylic oxidation sites excluding steroid dienone is 16. The highest BCUT2D eigenvalue weighted by Gasteiger charge is 2.17. The highest BCUT2D eigenvalue weighted by molar-refractivity contribution is 5.70. The molecule has 0 fully saturated rings. The largest absolute Gasteiger partial charge is 0.462 e. The van der Waals surface area contributed by atoms with E-state index >= 15 is 0 Å². The topological polar surface area (TPSA) is 61.8 Å². The number of carbonyl (C=O) groups excluding carboxylic acids is 2. The second-order valence-electron chi connectivity index (χ2n) is 18.8. The van der Waals surface area contributed by atoms with E-state index in [1.165, 1.54) is 122 Å². The standard InChI is InChI=1S/C63H108O5/c1-4-7-10-13-16-19-22-25-28-31-34-37-40-43-46-49-52-55-58-66-59-61(68-63(65)57-54-51-48-45-42-39-36-33-30-27-24-21-18-15-12-9-6-3)60-67-62(64)56-53-50-47-44-41-38-35-32-29-26-23-20-17-14-11-8-5-2/h7-8,10-11,16-17,19-20,25-26,28-29,34,37,43,46,61H,4-6,9,12-15,18,21-24,27,30-33,35-36,38-42,44-45,47-60H2,1-3H3/b10-7-,11-8-,19-16-,20-17-,28-25-,29-26-,37-34-,46-43-. The number of esters is 2. The lowest BCUT2D eigenvalue weighted by atomic mass is 10.0. The lowest BCUT2D eigenvalue weighted by Gasteiger charge is -2.18. The van der Waals surface area contributed by atoms with Gasteiger partial charge in [0.15, 0.2) is 6.10 Å². The fourth-order valence-corrected chi connectivity index (χ4v) is 7.90. The van der Waals surface area contributed by atoms with Gasteiger partial charge in [-0.1, -0.05) is 253 Å². The Morgan fingerprint density at radius 3 is 1.06 bits per heavy atom. The van der Waals surface area contributed by atoms with Crippen LogP contribution >= 0.6 is 0 Å². The predicted molar refractivity (Wildman–Crippen MR) is 297 cm³/mol. The molecule has 0 heterocycles. The van der Waals surface area contributed by atoms with E-state index in [0.717, 1.165) is 109 Å². The molecule has 5 heteroatoms. The lowest BCUT2D eigenvalue weighted by Crippen LogP contribution is -2.30. The zero-order valence-electron chi connectivity index (χ0n) is 44.8. The van der Waals surface area contributed by atoms with E-state index in [0.29, 0.717) is 19.4 Å². The van der Waals surface area contributed by atoms with Gasteiger partial charge in [0.25, 0.3) is 0 Å². The van der Waals surface area contributed by atoms with Gasteiger partial charge in [-0.2, -0.15) is 0 Å². The Morgan fingerprint density at radius 1 is 0.338 bits per heavy atom. The molecule has 0 spiro atoms. The summed E-state index contributed by atoms with van der Waals surface area (Å²) in [6.45, 7) is 7.52. The minimum atomic E-state index is -0.567. The third-order valence-electron chi connectivity index (χ3n) is 12.1. The number of unbranched alkanes of at least 4 members (excludes halogenated alkanes) is 25. The van der Waals surface area contributed by atoms with Gasteiger partial charge in [-0.15, -0.1) is 0 Å². The third-order valence-corrected chi connectivity index (χ3v) is 12.1. The second kappa shape index (κ2) is 58.1. The van der Waals surface area contributed by atoms with E-state index in [9.17, 15) is 9.59 Å². The van der Waals surface area contributed by atoms with Gasteiger partial charge in [0.1, 0.15) is 6.61 Å². The van der Waals surface area contributed by atoms with Gasteiger partial charge >= 0.3 is 11.9 Å². The van der Waals surface area contributed by atoms with E-state index < -0.39 is 6.10 Å². The minimum Gasteiger partial charge on any atom is -0.462 e. The van der Waals surface area contributed by atoms with Crippen LogP contribution in [-0.2, 0) is 23.8 Å². The lowest BCUT2D eigenvalue weighted by molar-refractivity contribution is -0.163. The molecule has 5 nitrogen and oxygen atoms in total. The first kappa shape index (κ1) is 64.8. The van der Waals surface area contributed by atoms with Crippen molar-refractivity contribution in [1.82, 2.24) is 0 Å². The molecule has 390 valence electrons. The van der Waals surface area contributed by atoms with E-state index in [4.69, 9.17) is 14.2 Å². The molecule has 0 aromatic carbocycles. The van der Waals surface area contributed by atoms with Crippen LogP contribution in [-0.4, -0.2) is 37.9 Å². The van der Waals surface area contributed by atoms with Crippen molar-refractivity contribution in [2.75, 3.05) is 19.8 Å². The van der Waals surface area contributed by atoms with Gasteiger partial charge in [-0.25, -0.2) is 0 Å². The molecular formula is C63H108O5. The first-order valence-corrected chi connectivity index (χ1v) is 28.8. The number of hydrogen-bond donors (Lipinski definition) is 0. The average Bonchev–Trinajstić information content (AvgIpc) is 3.34. The SMILES string of the molecule is CC/C=C\C/C=C\C/C=C\C/C=C\C/C=C\CCCCOCC(COC(=O)CCCCCCCCC/C=C\C/C=C\C/C=C\CC)OC(=O)CCCCCCCCCCCCCCCCCCC. The molecule has 0 radical (unpaired) electrons. The van der Waals surface area contributed by atoms with Gasteiger partial charge in [0.05, 0.1) is 6.61 Å².